The second-order valence-corrected chi connectivity index (χ2v) is 9.84. The van der Waals surface area contributed by atoms with Gasteiger partial charge in [0, 0.05) is 11.6 Å². The highest BCUT2D eigenvalue weighted by atomic mass is 35.5. The highest BCUT2D eigenvalue weighted by molar-refractivity contribution is 6.53. The maximum Gasteiger partial charge on any atom is 0.229 e. The van der Waals surface area contributed by atoms with Crippen LogP contribution in [0.15, 0.2) is 42.6 Å². The lowest BCUT2D eigenvalue weighted by molar-refractivity contribution is -0.126. The van der Waals surface area contributed by atoms with Gasteiger partial charge in [-0.3, -0.25) is 9.78 Å². The molecule has 4 rings (SSSR count). The Balaban J connectivity index is 1.88. The molecule has 0 saturated heterocycles. The number of fused-ring (bicyclic) bond motifs is 1. The summed E-state index contributed by atoms with van der Waals surface area (Å²) in [6.07, 6.45) is 2.05. The topological polar surface area (TPSA) is 78.9 Å². The van der Waals surface area contributed by atoms with E-state index >= 15 is 0 Å². The van der Waals surface area contributed by atoms with E-state index in [1.165, 1.54) is 0 Å². The van der Waals surface area contributed by atoms with Gasteiger partial charge in [0.05, 0.1) is 45.6 Å². The van der Waals surface area contributed by atoms with E-state index in [0.717, 1.165) is 16.3 Å². The number of amides is 1. The Kier molecular flexibility index (Phi) is 6.44. The minimum atomic E-state index is -1.11. The first-order valence-electron chi connectivity index (χ1n) is 10.6. The van der Waals surface area contributed by atoms with Crippen LogP contribution >= 0.6 is 23.2 Å². The molecule has 2 unspecified atom stereocenters. The van der Waals surface area contributed by atoms with Gasteiger partial charge in [-0.25, -0.2) is 0 Å². The van der Waals surface area contributed by atoms with Crippen LogP contribution in [0, 0.1) is 5.41 Å². The van der Waals surface area contributed by atoms with Crippen LogP contribution in [0.5, 0.6) is 23.0 Å². The molecule has 34 heavy (non-hydrogen) atoms. The number of rotatable bonds is 8. The van der Waals surface area contributed by atoms with Gasteiger partial charge in [0.1, 0.15) is 4.33 Å². The van der Waals surface area contributed by atoms with E-state index < -0.39 is 15.8 Å². The van der Waals surface area contributed by atoms with E-state index in [-0.39, 0.29) is 5.91 Å². The fourth-order valence-corrected chi connectivity index (χ4v) is 4.74. The monoisotopic (exact) mass is 504 g/mol. The van der Waals surface area contributed by atoms with Crippen molar-refractivity contribution in [2.75, 3.05) is 28.4 Å². The van der Waals surface area contributed by atoms with Gasteiger partial charge in [0.2, 0.25) is 5.91 Å². The smallest absolute Gasteiger partial charge is 0.229 e. The van der Waals surface area contributed by atoms with E-state index in [0.29, 0.717) is 35.1 Å². The quantitative estimate of drug-likeness (QED) is 0.432. The zero-order valence-corrected chi connectivity index (χ0v) is 21.1. The SMILES string of the molecule is COc1ccc(C(NC(=O)C2(C)CC2(Cl)Cl)c2nccc3cc(OC)c(OC)cc23)cc1OC. The van der Waals surface area contributed by atoms with Crippen LogP contribution in [0.2, 0.25) is 0 Å². The van der Waals surface area contributed by atoms with Crippen LogP contribution in [0.25, 0.3) is 10.8 Å². The van der Waals surface area contributed by atoms with Crippen molar-refractivity contribution >= 4 is 39.9 Å². The number of nitrogens with zero attached hydrogens (tertiary/aromatic N) is 1. The molecular formula is C25H26Cl2N2O5. The van der Waals surface area contributed by atoms with Crippen LogP contribution in [0.3, 0.4) is 0 Å². The summed E-state index contributed by atoms with van der Waals surface area (Å²) >= 11 is 12.6. The number of hydrogen-bond acceptors (Lipinski definition) is 6. The molecule has 7 nitrogen and oxygen atoms in total. The van der Waals surface area contributed by atoms with E-state index in [1.807, 2.05) is 30.3 Å². The van der Waals surface area contributed by atoms with Gasteiger partial charge < -0.3 is 24.3 Å². The molecule has 1 fully saturated rings. The minimum absolute atomic E-state index is 0.267. The zero-order chi connectivity index (χ0) is 24.7. The second-order valence-electron chi connectivity index (χ2n) is 8.36. The van der Waals surface area contributed by atoms with Crippen molar-refractivity contribution in [3.8, 4) is 23.0 Å². The first-order chi connectivity index (χ1) is 16.2. The van der Waals surface area contributed by atoms with Gasteiger partial charge in [0.15, 0.2) is 23.0 Å². The summed E-state index contributed by atoms with van der Waals surface area (Å²) in [4.78, 5) is 18.0. The number of pyridine rings is 1. The molecule has 1 aliphatic rings. The van der Waals surface area contributed by atoms with Gasteiger partial charge in [-0.15, -0.1) is 23.2 Å². The molecule has 0 spiro atoms. The first-order valence-corrected chi connectivity index (χ1v) is 11.4. The van der Waals surface area contributed by atoms with Gasteiger partial charge in [0.25, 0.3) is 0 Å². The van der Waals surface area contributed by atoms with Crippen molar-refractivity contribution < 1.29 is 23.7 Å². The second kappa shape index (κ2) is 9.04. The maximum atomic E-state index is 13.3. The van der Waals surface area contributed by atoms with Crippen molar-refractivity contribution in [1.82, 2.24) is 10.3 Å². The fourth-order valence-electron chi connectivity index (χ4n) is 4.03. The van der Waals surface area contributed by atoms with Gasteiger partial charge >= 0.3 is 0 Å². The molecule has 2 atom stereocenters. The first kappa shape index (κ1) is 24.2. The lowest BCUT2D eigenvalue weighted by Crippen LogP contribution is -2.37. The minimum Gasteiger partial charge on any atom is -0.493 e. The summed E-state index contributed by atoms with van der Waals surface area (Å²) < 4.78 is 20.7. The highest BCUT2D eigenvalue weighted by Crippen LogP contribution is 2.64. The van der Waals surface area contributed by atoms with Crippen molar-refractivity contribution in [1.29, 1.82) is 0 Å². The molecule has 1 heterocycles. The summed E-state index contributed by atoms with van der Waals surface area (Å²) in [6, 6.07) is 10.4. The average molecular weight is 505 g/mol. The summed E-state index contributed by atoms with van der Waals surface area (Å²) in [5.74, 6) is 1.98. The maximum absolute atomic E-state index is 13.3. The zero-order valence-electron chi connectivity index (χ0n) is 19.6. The van der Waals surface area contributed by atoms with Crippen molar-refractivity contribution in [3.05, 3.63) is 53.9 Å². The number of aromatic nitrogens is 1. The van der Waals surface area contributed by atoms with Gasteiger partial charge in [-0.05, 0) is 54.6 Å². The molecule has 3 aromatic rings. The molecule has 0 bridgehead atoms. The predicted octanol–water partition coefficient (Wildman–Crippen LogP) is 5.06. The standard InChI is InChI=1S/C25H26Cl2N2O5/c1-24(13-25(24,26)27)23(30)29-21(15-6-7-17(31-2)18(11-15)32-3)22-16-12-20(34-5)19(33-4)10-14(16)8-9-28-22/h6-12,21H,13H2,1-5H3,(H,29,30). The normalized spacial score (nSPS) is 19.3. The number of methoxy groups -OCH3 is 4. The number of halogens is 2. The third-order valence-electron chi connectivity index (χ3n) is 6.35. The Bertz CT molecular complexity index is 1250. The number of hydrogen-bond donors (Lipinski definition) is 1. The van der Waals surface area contributed by atoms with E-state index in [9.17, 15) is 4.79 Å². The van der Waals surface area contributed by atoms with Crippen molar-refractivity contribution in [3.63, 3.8) is 0 Å². The summed E-state index contributed by atoms with van der Waals surface area (Å²) in [5, 5.41) is 4.79. The average Bonchev–Trinajstić information content (AvgIpc) is 3.38. The Morgan fingerprint density at radius 1 is 0.941 bits per heavy atom. The van der Waals surface area contributed by atoms with E-state index in [4.69, 9.17) is 42.1 Å². The molecule has 1 saturated carbocycles. The summed E-state index contributed by atoms with van der Waals surface area (Å²) in [6.45, 7) is 1.75. The molecule has 2 aromatic carbocycles. The predicted molar refractivity (Wildman–Crippen MR) is 132 cm³/mol. The van der Waals surface area contributed by atoms with Crippen molar-refractivity contribution in [2.45, 2.75) is 23.7 Å². The molecule has 1 aromatic heterocycles. The number of alkyl halides is 2. The molecular weight excluding hydrogens is 479 g/mol. The third-order valence-corrected chi connectivity index (χ3v) is 7.45. The van der Waals surface area contributed by atoms with Crippen LogP contribution in [-0.2, 0) is 4.79 Å². The number of carbonyl (C=O) groups is 1. The molecule has 1 N–H and O–H groups in total. The van der Waals surface area contributed by atoms with E-state index in [2.05, 4.69) is 10.3 Å². The molecule has 0 radical (unpaired) electrons. The van der Waals surface area contributed by atoms with Crippen LogP contribution in [-0.4, -0.2) is 43.7 Å². The van der Waals surface area contributed by atoms with Gasteiger partial charge in [-0.1, -0.05) is 6.07 Å². The Labute approximate surface area is 208 Å². The lowest BCUT2D eigenvalue weighted by atomic mass is 9.96. The third kappa shape index (κ3) is 4.07. The van der Waals surface area contributed by atoms with Crippen LogP contribution in [0.4, 0.5) is 0 Å². The molecule has 180 valence electrons. The largest absolute Gasteiger partial charge is 0.493 e. The van der Waals surface area contributed by atoms with Crippen LogP contribution in [0.1, 0.15) is 30.6 Å². The Morgan fingerprint density at radius 3 is 2.12 bits per heavy atom. The molecule has 1 amide bonds. The number of nitrogens with one attached hydrogen (secondary N) is 1. The summed E-state index contributed by atoms with van der Waals surface area (Å²) in [7, 11) is 6.28. The number of benzene rings is 2. The van der Waals surface area contributed by atoms with Crippen LogP contribution < -0.4 is 24.3 Å². The number of carbonyl (C=O) groups excluding carboxylic acids is 1. The Hall–Kier alpha value is -2.90. The van der Waals surface area contributed by atoms with E-state index in [1.54, 1.807) is 47.6 Å². The van der Waals surface area contributed by atoms with Crippen molar-refractivity contribution in [2.24, 2.45) is 5.41 Å². The summed E-state index contributed by atoms with van der Waals surface area (Å²) in [5.41, 5.74) is 0.467. The Morgan fingerprint density at radius 2 is 1.53 bits per heavy atom. The molecule has 1 aliphatic carbocycles. The fraction of sp³-hybridized carbons (Fsp3) is 0.360. The molecule has 9 heteroatoms. The number of ether oxygens (including phenoxy) is 4. The van der Waals surface area contributed by atoms with Gasteiger partial charge in [-0.2, -0.15) is 0 Å². The lowest BCUT2D eigenvalue weighted by Gasteiger charge is -2.24. The molecule has 0 aliphatic heterocycles. The highest BCUT2D eigenvalue weighted by Gasteiger charge is 2.68.